The van der Waals surface area contributed by atoms with Crippen LogP contribution >= 0.6 is 7.82 Å². The van der Waals surface area contributed by atoms with Crippen molar-refractivity contribution in [3.05, 3.63) is 79.2 Å². The van der Waals surface area contributed by atoms with Gasteiger partial charge in [0.2, 0.25) is 5.91 Å². The minimum Gasteiger partial charge on any atom is -0.449 e. The van der Waals surface area contributed by atoms with Gasteiger partial charge in [-0.15, -0.1) is 6.58 Å². The summed E-state index contributed by atoms with van der Waals surface area (Å²) in [6.45, 7) is 8.20. The Bertz CT molecular complexity index is 1100. The zero-order valence-electron chi connectivity index (χ0n) is 21.0. The smallest absolute Gasteiger partial charge is 0.449 e. The number of fused-ring (bicyclic) bond motifs is 3. The maximum Gasteiger partial charge on any atom is 0.475 e. The van der Waals surface area contributed by atoms with E-state index in [2.05, 4.69) is 17.2 Å². The second-order valence-electron chi connectivity index (χ2n) is 8.34. The summed E-state index contributed by atoms with van der Waals surface area (Å²) in [5.74, 6) is -0.792. The van der Waals surface area contributed by atoms with Gasteiger partial charge in [-0.1, -0.05) is 54.6 Å². The van der Waals surface area contributed by atoms with Crippen LogP contribution in [0.4, 0.5) is 4.79 Å². The van der Waals surface area contributed by atoms with E-state index in [0.717, 1.165) is 22.3 Å². The number of hydrogen-bond donors (Lipinski definition) is 3. The average Bonchev–Trinajstić information content (AvgIpc) is 3.25. The van der Waals surface area contributed by atoms with E-state index in [0.29, 0.717) is 6.42 Å². The molecule has 1 aliphatic rings. The lowest BCUT2D eigenvalue weighted by Crippen LogP contribution is -2.49. The Kier molecular flexibility index (Phi) is 11.5. The van der Waals surface area contributed by atoms with Crippen molar-refractivity contribution < 1.29 is 37.6 Å². The van der Waals surface area contributed by atoms with Crippen LogP contribution in [0.1, 0.15) is 29.9 Å². The number of phosphoric acid groups is 1. The summed E-state index contributed by atoms with van der Waals surface area (Å²) in [5, 5.41) is 14.0. The van der Waals surface area contributed by atoms with Crippen LogP contribution in [0.5, 0.6) is 0 Å². The van der Waals surface area contributed by atoms with Crippen LogP contribution in [0.3, 0.4) is 0 Å². The lowest BCUT2D eigenvalue weighted by molar-refractivity contribution is -0.123. The molecule has 1 aliphatic carbocycles. The molecule has 204 valence electrons. The summed E-state index contributed by atoms with van der Waals surface area (Å²) in [5.41, 5.74) is 4.25. The number of rotatable bonds is 16. The SMILES string of the molecule is [CH]CCOP(=O)(OCC=C)OCC(NC(=O)OCC1c2ccccc2-c2ccccc21)C(=O)NCCCO. The summed E-state index contributed by atoms with van der Waals surface area (Å²) in [6.07, 6.45) is 0.872. The number of amides is 2. The van der Waals surface area contributed by atoms with Crippen molar-refractivity contribution >= 4 is 19.8 Å². The van der Waals surface area contributed by atoms with Gasteiger partial charge < -0.3 is 20.5 Å². The maximum absolute atomic E-state index is 12.9. The van der Waals surface area contributed by atoms with Crippen LogP contribution in [0.25, 0.3) is 11.1 Å². The predicted octanol–water partition coefficient (Wildman–Crippen LogP) is 3.84. The zero-order valence-corrected chi connectivity index (χ0v) is 21.9. The van der Waals surface area contributed by atoms with Gasteiger partial charge in [-0.2, -0.15) is 0 Å². The third-order valence-electron chi connectivity index (χ3n) is 5.70. The van der Waals surface area contributed by atoms with Gasteiger partial charge in [0.1, 0.15) is 12.6 Å². The van der Waals surface area contributed by atoms with Crippen LogP contribution in [-0.4, -0.2) is 62.7 Å². The molecule has 10 nitrogen and oxygen atoms in total. The summed E-state index contributed by atoms with van der Waals surface area (Å²) < 4.78 is 34.0. The van der Waals surface area contributed by atoms with Crippen LogP contribution in [0.15, 0.2) is 61.2 Å². The molecule has 0 aromatic heterocycles. The number of hydrogen-bond acceptors (Lipinski definition) is 8. The minimum absolute atomic E-state index is 0.0418. The molecule has 2 unspecified atom stereocenters. The van der Waals surface area contributed by atoms with E-state index in [1.807, 2.05) is 48.5 Å². The molecule has 11 heteroatoms. The molecular weight excluding hydrogens is 511 g/mol. The Balaban J connectivity index is 1.66. The van der Waals surface area contributed by atoms with Crippen molar-refractivity contribution in [2.75, 3.05) is 39.6 Å². The molecule has 2 amide bonds. The summed E-state index contributed by atoms with van der Waals surface area (Å²) >= 11 is 0. The molecule has 0 fully saturated rings. The summed E-state index contributed by atoms with van der Waals surface area (Å²) in [7, 11) is -4.09. The van der Waals surface area contributed by atoms with Gasteiger partial charge in [-0.25, -0.2) is 9.36 Å². The van der Waals surface area contributed by atoms with E-state index in [1.54, 1.807) is 0 Å². The number of nitrogens with one attached hydrogen (secondary N) is 2. The number of carbonyl (C=O) groups excluding carboxylic acids is 2. The lowest BCUT2D eigenvalue weighted by atomic mass is 9.98. The highest BCUT2D eigenvalue weighted by atomic mass is 31.2. The second kappa shape index (κ2) is 14.8. The molecular formula is C27H33N2O8P. The fraction of sp³-hybridized carbons (Fsp3) is 0.370. The molecule has 2 atom stereocenters. The number of benzene rings is 2. The Hall–Kier alpha value is -3.01. The summed E-state index contributed by atoms with van der Waals surface area (Å²) in [6, 6.07) is 14.5. The van der Waals surface area contributed by atoms with Crippen molar-refractivity contribution in [3.63, 3.8) is 0 Å². The molecule has 2 aromatic rings. The van der Waals surface area contributed by atoms with E-state index in [1.165, 1.54) is 6.08 Å². The molecule has 38 heavy (non-hydrogen) atoms. The fourth-order valence-corrected chi connectivity index (χ4v) is 5.14. The highest BCUT2D eigenvalue weighted by Crippen LogP contribution is 2.49. The second-order valence-corrected chi connectivity index (χ2v) is 10.0. The average molecular weight is 545 g/mol. The van der Waals surface area contributed by atoms with Gasteiger partial charge in [0.25, 0.3) is 0 Å². The van der Waals surface area contributed by atoms with Crippen LogP contribution in [0.2, 0.25) is 0 Å². The monoisotopic (exact) mass is 544 g/mol. The molecule has 2 aromatic carbocycles. The van der Waals surface area contributed by atoms with Crippen molar-refractivity contribution in [3.8, 4) is 11.1 Å². The predicted molar refractivity (Wildman–Crippen MR) is 141 cm³/mol. The Morgan fingerprint density at radius 2 is 1.74 bits per heavy atom. The molecule has 0 heterocycles. The minimum atomic E-state index is -4.09. The van der Waals surface area contributed by atoms with Crippen molar-refractivity contribution in [2.24, 2.45) is 0 Å². The first-order valence-electron chi connectivity index (χ1n) is 12.3. The van der Waals surface area contributed by atoms with Crippen molar-refractivity contribution in [1.29, 1.82) is 0 Å². The van der Waals surface area contributed by atoms with Gasteiger partial charge in [0.15, 0.2) is 0 Å². The molecule has 3 rings (SSSR count). The largest absolute Gasteiger partial charge is 0.475 e. The number of aliphatic hydroxyl groups excluding tert-OH is 1. The van der Waals surface area contributed by atoms with E-state index >= 15 is 0 Å². The van der Waals surface area contributed by atoms with E-state index in [-0.39, 0.29) is 45.3 Å². The van der Waals surface area contributed by atoms with E-state index < -0.39 is 32.5 Å². The number of carbonyl (C=O) groups is 2. The molecule has 0 saturated carbocycles. The Labute approximate surface area is 222 Å². The number of aliphatic hydroxyl groups is 1. The van der Waals surface area contributed by atoms with E-state index in [4.69, 9.17) is 30.3 Å². The van der Waals surface area contributed by atoms with Crippen LogP contribution in [0, 0.1) is 6.92 Å². The quantitative estimate of drug-likeness (QED) is 0.165. The highest BCUT2D eigenvalue weighted by molar-refractivity contribution is 7.48. The highest BCUT2D eigenvalue weighted by Gasteiger charge is 2.32. The fourth-order valence-electron chi connectivity index (χ4n) is 3.97. The first kappa shape index (κ1) is 29.5. The topological polar surface area (TPSA) is 132 Å². The van der Waals surface area contributed by atoms with Gasteiger partial charge in [-0.05, 0) is 42.0 Å². The number of ether oxygens (including phenoxy) is 1. The Morgan fingerprint density at radius 1 is 1.08 bits per heavy atom. The van der Waals surface area contributed by atoms with Gasteiger partial charge >= 0.3 is 13.9 Å². The number of phosphoric ester groups is 1. The van der Waals surface area contributed by atoms with Crippen molar-refractivity contribution in [1.82, 2.24) is 10.6 Å². The molecule has 3 N–H and O–H groups in total. The van der Waals surface area contributed by atoms with Gasteiger partial charge in [-0.3, -0.25) is 18.4 Å². The first-order chi connectivity index (χ1) is 18.4. The third-order valence-corrected chi connectivity index (χ3v) is 7.13. The zero-order chi connectivity index (χ0) is 27.4. The maximum atomic E-state index is 12.9. The molecule has 0 bridgehead atoms. The molecule has 0 aliphatic heterocycles. The number of alkyl carbamates (subject to hydrolysis) is 1. The molecule has 0 saturated heterocycles. The van der Waals surface area contributed by atoms with Crippen LogP contribution in [-0.2, 0) is 27.7 Å². The van der Waals surface area contributed by atoms with Gasteiger partial charge in [0.05, 0.1) is 19.8 Å². The van der Waals surface area contributed by atoms with Crippen LogP contribution < -0.4 is 10.6 Å². The van der Waals surface area contributed by atoms with E-state index in [9.17, 15) is 14.2 Å². The molecule has 2 radical (unpaired) electrons. The standard InChI is InChI=1S/C27H33N2O8P/c1-3-16-35-38(33,36-17-4-2)37-19-25(26(31)28-14-9-15-30)29-27(32)34-18-24-22-12-7-5-10-20(22)21-11-6-8-13-23(21)24/h1,4-8,10-13,24-25,30H,2-3,9,14-19H2,(H,28,31)(H,29,32). The normalized spacial score (nSPS) is 14.6. The Morgan fingerprint density at radius 3 is 2.34 bits per heavy atom. The third kappa shape index (κ3) is 7.99. The summed E-state index contributed by atoms with van der Waals surface area (Å²) in [4.78, 5) is 25.5. The first-order valence-corrected chi connectivity index (χ1v) is 13.7. The molecule has 0 spiro atoms. The lowest BCUT2D eigenvalue weighted by Gasteiger charge is -2.22. The van der Waals surface area contributed by atoms with Gasteiger partial charge in [0, 0.05) is 19.1 Å². The van der Waals surface area contributed by atoms with Crippen molar-refractivity contribution in [2.45, 2.75) is 24.8 Å².